The Hall–Kier alpha value is -2.50. The van der Waals surface area contributed by atoms with E-state index in [1.807, 2.05) is 0 Å². The Balaban J connectivity index is 2.54. The maximum absolute atomic E-state index is 13.5. The van der Waals surface area contributed by atoms with Gasteiger partial charge in [-0.2, -0.15) is 13.2 Å². The molecule has 13 heteroatoms. The van der Waals surface area contributed by atoms with Crippen LogP contribution in [0.4, 0.5) is 18.9 Å². The zero-order valence-electron chi connectivity index (χ0n) is 19.8. The minimum Gasteiger partial charge on any atom is -0.355 e. The minimum absolute atomic E-state index is 0.169. The van der Waals surface area contributed by atoms with Crippen molar-refractivity contribution in [3.05, 3.63) is 63.6 Å². The van der Waals surface area contributed by atoms with Crippen LogP contribution in [0, 0.1) is 0 Å². The summed E-state index contributed by atoms with van der Waals surface area (Å²) >= 11 is 12.5. The van der Waals surface area contributed by atoms with E-state index in [-0.39, 0.29) is 35.2 Å². The first-order valence-electron chi connectivity index (χ1n) is 10.9. The molecule has 0 radical (unpaired) electrons. The maximum atomic E-state index is 13.5. The number of sulfonamides is 1. The van der Waals surface area contributed by atoms with Gasteiger partial charge in [-0.05, 0) is 43.7 Å². The fourth-order valence-electron chi connectivity index (χ4n) is 3.52. The van der Waals surface area contributed by atoms with Gasteiger partial charge in [0.25, 0.3) is 0 Å². The molecular formula is C23H26Cl2F3N3O4S. The van der Waals surface area contributed by atoms with Crippen molar-refractivity contribution in [1.82, 2.24) is 10.2 Å². The average Bonchev–Trinajstić information content (AvgIpc) is 2.78. The fourth-order valence-corrected chi connectivity index (χ4v) is 4.87. The summed E-state index contributed by atoms with van der Waals surface area (Å²) in [4.78, 5) is 27.4. The zero-order chi connectivity index (χ0) is 27.3. The summed E-state index contributed by atoms with van der Waals surface area (Å²) in [5.74, 6) is -1.31. The molecule has 0 saturated heterocycles. The van der Waals surface area contributed by atoms with Gasteiger partial charge in [-0.3, -0.25) is 13.9 Å². The molecule has 0 aliphatic carbocycles. The Kier molecular flexibility index (Phi) is 10.0. The zero-order valence-corrected chi connectivity index (χ0v) is 22.1. The Morgan fingerprint density at radius 3 is 2.14 bits per heavy atom. The monoisotopic (exact) mass is 567 g/mol. The van der Waals surface area contributed by atoms with Gasteiger partial charge in [0.1, 0.15) is 12.6 Å². The number of carbonyl (C=O) groups is 2. The highest BCUT2D eigenvalue weighted by Gasteiger charge is 2.34. The molecule has 0 aliphatic heterocycles. The number of halogens is 5. The van der Waals surface area contributed by atoms with Crippen molar-refractivity contribution in [2.45, 2.75) is 39.0 Å². The van der Waals surface area contributed by atoms with Crippen molar-refractivity contribution in [2.24, 2.45) is 0 Å². The lowest BCUT2D eigenvalue weighted by molar-refractivity contribution is -0.140. The maximum Gasteiger partial charge on any atom is 0.416 e. The summed E-state index contributed by atoms with van der Waals surface area (Å²) in [7, 11) is -4.20. The number of nitrogens with one attached hydrogen (secondary N) is 1. The highest BCUT2D eigenvalue weighted by Crippen LogP contribution is 2.32. The van der Waals surface area contributed by atoms with E-state index in [2.05, 4.69) is 5.32 Å². The van der Waals surface area contributed by atoms with Gasteiger partial charge in [0, 0.05) is 28.7 Å². The number of amides is 2. The number of benzene rings is 2. The van der Waals surface area contributed by atoms with Crippen LogP contribution in [0.1, 0.15) is 31.4 Å². The number of hydrogen-bond donors (Lipinski definition) is 1. The summed E-state index contributed by atoms with van der Waals surface area (Å²) < 4.78 is 65.4. The molecule has 2 aromatic rings. The average molecular weight is 568 g/mol. The van der Waals surface area contributed by atoms with E-state index in [1.54, 1.807) is 32.0 Å². The molecule has 0 fully saturated rings. The second-order valence-electron chi connectivity index (χ2n) is 7.86. The number of alkyl halides is 3. The molecule has 1 N–H and O–H groups in total. The summed E-state index contributed by atoms with van der Waals surface area (Å²) in [6, 6.07) is 7.30. The SMILES string of the molecule is CCNC(=O)[C@H](CC)N(Cc1c(Cl)cccc1Cl)C(=O)CN(c1cccc(C(F)(F)F)c1)S(C)(=O)=O. The normalized spacial score (nSPS) is 12.7. The van der Waals surface area contributed by atoms with Crippen molar-refractivity contribution >= 4 is 50.7 Å². The van der Waals surface area contributed by atoms with Crippen LogP contribution >= 0.6 is 23.2 Å². The quantitative estimate of drug-likeness (QED) is 0.450. The van der Waals surface area contributed by atoms with E-state index >= 15 is 0 Å². The second kappa shape index (κ2) is 12.2. The van der Waals surface area contributed by atoms with Gasteiger partial charge in [0.05, 0.1) is 17.5 Å². The molecule has 36 heavy (non-hydrogen) atoms. The molecule has 0 spiro atoms. The first kappa shape index (κ1) is 29.7. The molecule has 198 valence electrons. The lowest BCUT2D eigenvalue weighted by Crippen LogP contribution is -2.52. The number of nitrogens with zero attached hydrogens (tertiary/aromatic N) is 2. The summed E-state index contributed by atoms with van der Waals surface area (Å²) in [6.07, 6.45) is -3.78. The third-order valence-corrected chi connectivity index (χ3v) is 7.12. The van der Waals surface area contributed by atoms with Crippen LogP contribution in [-0.4, -0.2) is 50.5 Å². The predicted molar refractivity (Wildman–Crippen MR) is 133 cm³/mol. The Morgan fingerprint density at radius 1 is 1.06 bits per heavy atom. The molecule has 0 aliphatic rings. The largest absolute Gasteiger partial charge is 0.416 e. The first-order valence-corrected chi connectivity index (χ1v) is 13.5. The molecule has 2 rings (SSSR count). The van der Waals surface area contributed by atoms with Crippen LogP contribution in [0.2, 0.25) is 10.0 Å². The van der Waals surface area contributed by atoms with Gasteiger partial charge in [0.15, 0.2) is 0 Å². The van der Waals surface area contributed by atoms with Crippen molar-refractivity contribution in [3.63, 3.8) is 0 Å². The summed E-state index contributed by atoms with van der Waals surface area (Å²) in [5, 5.41) is 3.08. The van der Waals surface area contributed by atoms with Crippen molar-refractivity contribution in [2.75, 3.05) is 23.7 Å². The van der Waals surface area contributed by atoms with Crippen LogP contribution in [0.15, 0.2) is 42.5 Å². The van der Waals surface area contributed by atoms with E-state index in [1.165, 1.54) is 0 Å². The van der Waals surface area contributed by atoms with E-state index in [4.69, 9.17) is 23.2 Å². The molecule has 0 aromatic heterocycles. The van der Waals surface area contributed by atoms with Crippen LogP contribution in [0.3, 0.4) is 0 Å². The Morgan fingerprint density at radius 2 is 1.64 bits per heavy atom. The summed E-state index contributed by atoms with van der Waals surface area (Å²) in [6.45, 7) is 2.56. The minimum atomic E-state index is -4.72. The van der Waals surface area contributed by atoms with Crippen LogP contribution < -0.4 is 9.62 Å². The van der Waals surface area contributed by atoms with Gasteiger partial charge >= 0.3 is 6.18 Å². The Labute approximate surface area is 218 Å². The number of likely N-dealkylation sites (N-methyl/N-ethyl adjacent to an activating group) is 1. The van der Waals surface area contributed by atoms with Crippen molar-refractivity contribution in [3.8, 4) is 0 Å². The molecule has 1 atom stereocenters. The van der Waals surface area contributed by atoms with Gasteiger partial charge in [-0.15, -0.1) is 0 Å². The molecule has 2 aromatic carbocycles. The third-order valence-electron chi connectivity index (χ3n) is 5.27. The van der Waals surface area contributed by atoms with E-state index in [9.17, 15) is 31.2 Å². The number of carbonyl (C=O) groups excluding carboxylic acids is 2. The standard InChI is InChI=1S/C23H26Cl2F3N3O4S/c1-4-20(22(33)29-5-2)30(13-17-18(24)10-7-11-19(17)25)21(32)14-31(36(3,34)35)16-9-6-8-15(12-16)23(26,27)28/h6-12,20H,4-5,13-14H2,1-3H3,(H,29,33)/t20-/m0/s1. The first-order chi connectivity index (χ1) is 16.7. The molecule has 7 nitrogen and oxygen atoms in total. The lowest BCUT2D eigenvalue weighted by Gasteiger charge is -2.33. The molecule has 0 unspecified atom stereocenters. The van der Waals surface area contributed by atoms with E-state index < -0.39 is 46.2 Å². The predicted octanol–water partition coefficient (Wildman–Crippen LogP) is 4.72. The van der Waals surface area contributed by atoms with Gasteiger partial charge in [-0.1, -0.05) is 42.3 Å². The van der Waals surface area contributed by atoms with Crippen molar-refractivity contribution in [1.29, 1.82) is 0 Å². The third kappa shape index (κ3) is 7.50. The smallest absolute Gasteiger partial charge is 0.355 e. The van der Waals surface area contributed by atoms with Crippen molar-refractivity contribution < 1.29 is 31.2 Å². The van der Waals surface area contributed by atoms with Gasteiger partial charge in [0.2, 0.25) is 21.8 Å². The van der Waals surface area contributed by atoms with Crippen LogP contribution in [0.5, 0.6) is 0 Å². The lowest BCUT2D eigenvalue weighted by atomic mass is 10.1. The number of anilines is 1. The topological polar surface area (TPSA) is 86.8 Å². The summed E-state index contributed by atoms with van der Waals surface area (Å²) in [5.41, 5.74) is -1.08. The molecule has 2 amide bonds. The molecule has 0 heterocycles. The van der Waals surface area contributed by atoms with E-state index in [0.29, 0.717) is 15.9 Å². The fraction of sp³-hybridized carbons (Fsp3) is 0.391. The molecular weight excluding hydrogens is 542 g/mol. The van der Waals surface area contributed by atoms with Gasteiger partial charge in [-0.25, -0.2) is 8.42 Å². The highest BCUT2D eigenvalue weighted by molar-refractivity contribution is 7.92. The molecule has 0 saturated carbocycles. The molecule has 0 bridgehead atoms. The van der Waals surface area contributed by atoms with Crippen LogP contribution in [0.25, 0.3) is 0 Å². The Bertz CT molecular complexity index is 1190. The second-order valence-corrected chi connectivity index (χ2v) is 10.6. The number of hydrogen-bond acceptors (Lipinski definition) is 4. The number of rotatable bonds is 10. The van der Waals surface area contributed by atoms with E-state index in [0.717, 1.165) is 29.4 Å². The van der Waals surface area contributed by atoms with Crippen LogP contribution in [-0.2, 0) is 32.3 Å². The highest BCUT2D eigenvalue weighted by atomic mass is 35.5. The van der Waals surface area contributed by atoms with Gasteiger partial charge < -0.3 is 10.2 Å².